The molecule has 2 aromatic heterocycles. The number of hydrogen-bond acceptors (Lipinski definition) is 6. The molecule has 6 nitrogen and oxygen atoms in total. The number of para-hydroxylation sites is 2. The Morgan fingerprint density at radius 2 is 1.88 bits per heavy atom. The van der Waals surface area contributed by atoms with Crippen molar-refractivity contribution in [2.75, 3.05) is 6.61 Å². The third-order valence-corrected chi connectivity index (χ3v) is 5.78. The van der Waals surface area contributed by atoms with Crippen molar-refractivity contribution in [3.8, 4) is 11.5 Å². The van der Waals surface area contributed by atoms with Gasteiger partial charge in [-0.1, -0.05) is 42.7 Å². The Morgan fingerprint density at radius 1 is 1.04 bits per heavy atom. The van der Waals surface area contributed by atoms with E-state index in [1.165, 1.54) is 43.4 Å². The average Bonchev–Trinajstić information content (AvgIpc) is 3.23. The number of benzene rings is 1. The van der Waals surface area contributed by atoms with Gasteiger partial charge in [-0.25, -0.2) is 0 Å². The molecule has 0 bridgehead atoms. The predicted molar refractivity (Wildman–Crippen MR) is 89.8 cm³/mol. The van der Waals surface area contributed by atoms with Crippen LogP contribution in [-0.4, -0.2) is 26.4 Å². The van der Waals surface area contributed by atoms with Crippen LogP contribution < -0.4 is 9.47 Å². The molecule has 0 N–H and O–H groups in total. The number of hydrogen-bond donors (Lipinski definition) is 0. The van der Waals surface area contributed by atoms with Crippen molar-refractivity contribution in [2.24, 2.45) is 0 Å². The van der Waals surface area contributed by atoms with Gasteiger partial charge in [-0.2, -0.15) is 9.61 Å². The zero-order valence-electron chi connectivity index (χ0n) is 13.2. The summed E-state index contributed by atoms with van der Waals surface area (Å²) < 4.78 is 13.8. The van der Waals surface area contributed by atoms with Crippen molar-refractivity contribution in [3.63, 3.8) is 0 Å². The second-order valence-electron chi connectivity index (χ2n) is 6.39. The van der Waals surface area contributed by atoms with E-state index in [9.17, 15) is 0 Å². The summed E-state index contributed by atoms with van der Waals surface area (Å²) >= 11 is 1.54. The predicted octanol–water partition coefficient (Wildman–Crippen LogP) is 3.75. The van der Waals surface area contributed by atoms with Crippen LogP contribution in [0.25, 0.3) is 4.96 Å². The molecular formula is C17H18N4O2S. The minimum Gasteiger partial charge on any atom is -0.485 e. The molecular weight excluding hydrogens is 324 g/mol. The van der Waals surface area contributed by atoms with E-state index < -0.39 is 0 Å². The first-order valence-corrected chi connectivity index (χ1v) is 9.30. The highest BCUT2D eigenvalue weighted by Crippen LogP contribution is 2.38. The minimum absolute atomic E-state index is 0.189. The fraction of sp³-hybridized carbons (Fsp3) is 0.471. The summed E-state index contributed by atoms with van der Waals surface area (Å²) in [5.41, 5.74) is 0. The minimum atomic E-state index is -0.189. The summed E-state index contributed by atoms with van der Waals surface area (Å²) in [5.74, 6) is 3.05. The quantitative estimate of drug-likeness (QED) is 0.710. The molecule has 1 fully saturated rings. The molecule has 0 amide bonds. The molecule has 0 radical (unpaired) electrons. The van der Waals surface area contributed by atoms with Gasteiger partial charge in [-0.15, -0.1) is 10.2 Å². The maximum Gasteiger partial charge on any atom is 0.234 e. The number of fused-ring (bicyclic) bond motifs is 2. The molecule has 7 heteroatoms. The van der Waals surface area contributed by atoms with E-state index in [4.69, 9.17) is 14.6 Å². The monoisotopic (exact) mass is 342 g/mol. The van der Waals surface area contributed by atoms with Crippen LogP contribution in [0.2, 0.25) is 0 Å². The van der Waals surface area contributed by atoms with Crippen LogP contribution in [-0.2, 0) is 0 Å². The van der Waals surface area contributed by atoms with Crippen LogP contribution in [0.4, 0.5) is 0 Å². The summed E-state index contributed by atoms with van der Waals surface area (Å²) in [5, 5.41) is 14.4. The fourth-order valence-electron chi connectivity index (χ4n) is 3.53. The normalized spacial score (nSPS) is 21.2. The first-order chi connectivity index (χ1) is 11.9. The summed E-state index contributed by atoms with van der Waals surface area (Å²) in [6.45, 7) is 0.472. The topological polar surface area (TPSA) is 61.5 Å². The van der Waals surface area contributed by atoms with E-state index >= 15 is 0 Å². The van der Waals surface area contributed by atoms with Gasteiger partial charge in [0.05, 0.1) is 0 Å². The van der Waals surface area contributed by atoms with Crippen LogP contribution in [0.1, 0.15) is 55.0 Å². The summed E-state index contributed by atoms with van der Waals surface area (Å²) in [4.78, 5) is 0.841. The molecule has 1 unspecified atom stereocenters. The van der Waals surface area contributed by atoms with Crippen molar-refractivity contribution >= 4 is 16.3 Å². The second-order valence-corrected chi connectivity index (χ2v) is 7.38. The van der Waals surface area contributed by atoms with Gasteiger partial charge >= 0.3 is 0 Å². The van der Waals surface area contributed by atoms with E-state index in [1.807, 2.05) is 28.8 Å². The lowest BCUT2D eigenvalue weighted by molar-refractivity contribution is 0.0904. The van der Waals surface area contributed by atoms with Gasteiger partial charge in [0.25, 0.3) is 0 Å². The van der Waals surface area contributed by atoms with Crippen molar-refractivity contribution < 1.29 is 9.47 Å². The standard InChI is InChI=1S/C17H18N4O2S/c1-2-6-11(7-3-1)15-18-19-17-21(15)20-16(24-17)14-10-22-12-8-4-5-9-13(12)23-14/h4-5,8-9,11,14H,1-3,6-7,10H2. The highest BCUT2D eigenvalue weighted by Gasteiger charge is 2.28. The zero-order chi connectivity index (χ0) is 15.9. The third-order valence-electron chi connectivity index (χ3n) is 4.78. The SMILES string of the molecule is c1ccc2c(c1)OCC(c1nn3c(C4CCCCC4)nnc3s1)O2. The first-order valence-electron chi connectivity index (χ1n) is 8.49. The molecule has 1 saturated carbocycles. The van der Waals surface area contributed by atoms with Crippen molar-refractivity contribution in [2.45, 2.75) is 44.1 Å². The van der Waals surface area contributed by atoms with Gasteiger partial charge in [0.2, 0.25) is 4.96 Å². The van der Waals surface area contributed by atoms with Crippen molar-refractivity contribution in [1.82, 2.24) is 19.8 Å². The van der Waals surface area contributed by atoms with Gasteiger partial charge in [0.15, 0.2) is 28.4 Å². The van der Waals surface area contributed by atoms with Crippen LogP contribution in [0.3, 0.4) is 0 Å². The van der Waals surface area contributed by atoms with E-state index in [-0.39, 0.29) is 6.10 Å². The lowest BCUT2D eigenvalue weighted by Crippen LogP contribution is -2.21. The smallest absolute Gasteiger partial charge is 0.234 e. The van der Waals surface area contributed by atoms with E-state index in [0.29, 0.717) is 12.5 Å². The van der Waals surface area contributed by atoms with Gasteiger partial charge in [-0.05, 0) is 25.0 Å². The molecule has 3 aromatic rings. The molecule has 1 aliphatic carbocycles. The number of aromatic nitrogens is 4. The molecule has 3 heterocycles. The molecule has 1 atom stereocenters. The Bertz CT molecular complexity index is 868. The highest BCUT2D eigenvalue weighted by molar-refractivity contribution is 7.16. The largest absolute Gasteiger partial charge is 0.485 e. The summed E-state index contributed by atoms with van der Waals surface area (Å²) in [6, 6.07) is 7.74. The Balaban J connectivity index is 1.45. The molecule has 1 aliphatic heterocycles. The third kappa shape index (κ3) is 2.34. The maximum atomic E-state index is 6.06. The Kier molecular flexibility index (Phi) is 3.40. The van der Waals surface area contributed by atoms with Crippen molar-refractivity contribution in [3.05, 3.63) is 35.1 Å². The molecule has 24 heavy (non-hydrogen) atoms. The lowest BCUT2D eigenvalue weighted by Gasteiger charge is -2.24. The average molecular weight is 342 g/mol. The molecule has 0 spiro atoms. The number of nitrogens with zero attached hydrogens (tertiary/aromatic N) is 4. The molecule has 5 rings (SSSR count). The molecule has 124 valence electrons. The summed E-state index contributed by atoms with van der Waals surface area (Å²) in [6.07, 6.45) is 6.05. The zero-order valence-corrected chi connectivity index (χ0v) is 14.0. The van der Waals surface area contributed by atoms with Gasteiger partial charge in [0.1, 0.15) is 6.61 Å². The Hall–Kier alpha value is -2.15. The first kappa shape index (κ1) is 14.2. The maximum absolute atomic E-state index is 6.06. The van der Waals surface area contributed by atoms with Crippen LogP contribution in [0.5, 0.6) is 11.5 Å². The van der Waals surface area contributed by atoms with Gasteiger partial charge in [0, 0.05) is 5.92 Å². The van der Waals surface area contributed by atoms with E-state index in [1.54, 1.807) is 0 Å². The van der Waals surface area contributed by atoms with Crippen LogP contribution >= 0.6 is 11.3 Å². The molecule has 1 aromatic carbocycles. The fourth-order valence-corrected chi connectivity index (χ4v) is 4.39. The molecule has 0 saturated heterocycles. The van der Waals surface area contributed by atoms with E-state index in [2.05, 4.69) is 10.2 Å². The van der Waals surface area contributed by atoms with Crippen molar-refractivity contribution in [1.29, 1.82) is 0 Å². The Morgan fingerprint density at radius 3 is 2.75 bits per heavy atom. The highest BCUT2D eigenvalue weighted by atomic mass is 32.1. The number of rotatable bonds is 2. The Labute approximate surface area is 143 Å². The number of ether oxygens (including phenoxy) is 2. The summed E-state index contributed by atoms with van der Waals surface area (Å²) in [7, 11) is 0. The van der Waals surface area contributed by atoms with Crippen LogP contribution in [0.15, 0.2) is 24.3 Å². The van der Waals surface area contributed by atoms with Crippen LogP contribution in [0, 0.1) is 0 Å². The van der Waals surface area contributed by atoms with Gasteiger partial charge in [-0.3, -0.25) is 0 Å². The lowest BCUT2D eigenvalue weighted by atomic mass is 9.89. The molecule has 2 aliphatic rings. The van der Waals surface area contributed by atoms with E-state index in [0.717, 1.165) is 27.3 Å². The van der Waals surface area contributed by atoms with Gasteiger partial charge < -0.3 is 9.47 Å². The second kappa shape index (κ2) is 5.73.